The van der Waals surface area contributed by atoms with Gasteiger partial charge in [-0.15, -0.1) is 0 Å². The van der Waals surface area contributed by atoms with E-state index in [-0.39, 0.29) is 26.8 Å². The molecular weight excluding hydrogens is 708 g/mol. The molecule has 41 heavy (non-hydrogen) atoms. The van der Waals surface area contributed by atoms with Crippen molar-refractivity contribution in [2.45, 2.75) is 88.7 Å². The van der Waals surface area contributed by atoms with Gasteiger partial charge in [0.1, 0.15) is 12.0 Å². The van der Waals surface area contributed by atoms with E-state index in [1.54, 1.807) is 0 Å². The van der Waals surface area contributed by atoms with E-state index in [0.29, 0.717) is 0 Å². The van der Waals surface area contributed by atoms with Gasteiger partial charge < -0.3 is 9.99 Å². The molecule has 0 aliphatic heterocycles. The van der Waals surface area contributed by atoms with Crippen LogP contribution in [0.2, 0.25) is 25.7 Å². The Hall–Kier alpha value is -0.913. The quantitative estimate of drug-likeness (QED) is 0.0715. The number of ether oxygens (including phenoxy) is 1. The number of rotatable bonds is 13. The Kier molecular flexibility index (Phi) is 15.1. The number of hydrogen-bond acceptors (Lipinski definition) is 5. The van der Waals surface area contributed by atoms with Crippen molar-refractivity contribution in [2.24, 2.45) is 0 Å². The Morgan fingerprint density at radius 3 is 1.63 bits per heavy atom. The molecule has 0 saturated heterocycles. The minimum absolute atomic E-state index is 0.0493. The molecule has 0 saturated carbocycles. The summed E-state index contributed by atoms with van der Waals surface area (Å²) in [5.41, 5.74) is 2.81. The lowest BCUT2D eigenvalue weighted by Crippen LogP contribution is -3.61. The lowest BCUT2D eigenvalue weighted by molar-refractivity contribution is -0.777. The number of hydrogen-bond donors (Lipinski definition) is 0. The Bertz CT molecular complexity index is 965. The van der Waals surface area contributed by atoms with Crippen molar-refractivity contribution in [3.8, 4) is 0 Å². The SMILES string of the molecule is CC(C)(C)OCCc1ccc([I+]c2ccc(CCC[Si](C)(C)C)cc2)cc1.[O-]OOSC(F)(F)C(F)(F)C(F)(F)F. The molecule has 0 spiro atoms. The van der Waals surface area contributed by atoms with Crippen LogP contribution in [0.5, 0.6) is 0 Å². The zero-order chi connectivity index (χ0) is 31.5. The summed E-state index contributed by atoms with van der Waals surface area (Å²) in [6.07, 6.45) is -2.91. The van der Waals surface area contributed by atoms with E-state index in [1.165, 1.54) is 37.2 Å². The number of aryl methyl sites for hydroxylation is 1. The Morgan fingerprint density at radius 1 is 0.780 bits per heavy atom. The summed E-state index contributed by atoms with van der Waals surface area (Å²) in [5.74, 6) is -6.33. The molecule has 2 aromatic carbocycles. The Morgan fingerprint density at radius 2 is 1.24 bits per heavy atom. The second-order valence-corrected chi connectivity index (χ2v) is 20.7. The molecule has 0 aliphatic carbocycles. The van der Waals surface area contributed by atoms with Gasteiger partial charge in [0.15, 0.2) is 7.14 Å². The van der Waals surface area contributed by atoms with Crippen molar-refractivity contribution < 1.29 is 71.3 Å². The summed E-state index contributed by atoms with van der Waals surface area (Å²) < 4.78 is 93.4. The molecule has 0 aromatic heterocycles. The van der Waals surface area contributed by atoms with Crippen LogP contribution in [-0.2, 0) is 27.0 Å². The highest BCUT2D eigenvalue weighted by Crippen LogP contribution is 2.51. The molecule has 2 aromatic rings. The van der Waals surface area contributed by atoms with E-state index < -0.39 is 37.5 Å². The smallest absolute Gasteiger partial charge is 0.461 e. The van der Waals surface area contributed by atoms with Gasteiger partial charge in [-0.25, -0.2) is 0 Å². The van der Waals surface area contributed by atoms with Crippen molar-refractivity contribution in [3.05, 3.63) is 66.8 Å². The maximum Gasteiger partial charge on any atom is 0.461 e. The highest BCUT2D eigenvalue weighted by molar-refractivity contribution is 7.95. The molecule has 2 rings (SSSR count). The topological polar surface area (TPSA) is 50.8 Å². The van der Waals surface area contributed by atoms with Crippen molar-refractivity contribution in [2.75, 3.05) is 6.61 Å². The van der Waals surface area contributed by atoms with Crippen LogP contribution in [0.1, 0.15) is 38.3 Å². The van der Waals surface area contributed by atoms with E-state index in [4.69, 9.17) is 9.99 Å². The van der Waals surface area contributed by atoms with Gasteiger partial charge in [-0.3, -0.25) is 5.04 Å². The molecule has 0 fully saturated rings. The molecule has 0 unspecified atom stereocenters. The molecule has 14 heteroatoms. The largest absolute Gasteiger partial charge is 0.691 e. The summed E-state index contributed by atoms with van der Waals surface area (Å²) in [5, 5.41) is 5.51. The normalized spacial score (nSPS) is 13.1. The third-order valence-electron chi connectivity index (χ3n) is 5.25. The Labute approximate surface area is 252 Å². The van der Waals surface area contributed by atoms with Gasteiger partial charge in [0.2, 0.25) is 0 Å². The summed E-state index contributed by atoms with van der Waals surface area (Å²) in [7, 11) is -0.898. The summed E-state index contributed by atoms with van der Waals surface area (Å²) in [6, 6.07) is 20.0. The molecule has 0 atom stereocenters. The van der Waals surface area contributed by atoms with Crippen LogP contribution in [0.15, 0.2) is 48.5 Å². The van der Waals surface area contributed by atoms with Crippen LogP contribution in [0.4, 0.5) is 30.7 Å². The lowest BCUT2D eigenvalue weighted by Gasteiger charge is -2.26. The molecule has 0 heterocycles. The van der Waals surface area contributed by atoms with Gasteiger partial charge in [-0.2, -0.15) is 35.1 Å². The minimum atomic E-state index is -6.46. The average Bonchev–Trinajstić information content (AvgIpc) is 2.83. The lowest BCUT2D eigenvalue weighted by atomic mass is 10.1. The predicted molar refractivity (Wildman–Crippen MR) is 142 cm³/mol. The van der Waals surface area contributed by atoms with E-state index in [1.807, 2.05) is 0 Å². The average molecular weight is 745 g/mol. The van der Waals surface area contributed by atoms with Gasteiger partial charge in [-0.05, 0) is 69.0 Å². The highest BCUT2D eigenvalue weighted by Gasteiger charge is 2.74. The fourth-order valence-corrected chi connectivity index (χ4v) is 6.85. The van der Waals surface area contributed by atoms with Crippen molar-refractivity contribution in [3.63, 3.8) is 0 Å². The van der Waals surface area contributed by atoms with Crippen LogP contribution >= 0.6 is 12.0 Å². The maximum absolute atomic E-state index is 12.0. The molecule has 0 N–H and O–H groups in total. The van der Waals surface area contributed by atoms with Crippen LogP contribution in [-0.4, -0.2) is 37.6 Å². The molecule has 4 nitrogen and oxygen atoms in total. The molecule has 0 radical (unpaired) electrons. The fourth-order valence-electron chi connectivity index (χ4n) is 3.13. The molecule has 0 amide bonds. The first-order valence-corrected chi connectivity index (χ1v) is 19.2. The zero-order valence-corrected chi connectivity index (χ0v) is 27.7. The van der Waals surface area contributed by atoms with Crippen molar-refractivity contribution in [1.29, 1.82) is 0 Å². The molecule has 0 aliphatic rings. The second kappa shape index (κ2) is 16.2. The molecular formula is C27H36F7IO4SSi. The predicted octanol–water partition coefficient (Wildman–Crippen LogP) is 5.09. The molecule has 0 bridgehead atoms. The number of alkyl halides is 7. The van der Waals surface area contributed by atoms with Gasteiger partial charge in [-0.1, -0.05) is 56.4 Å². The second-order valence-electron chi connectivity index (χ2n) is 11.3. The summed E-state index contributed by atoms with van der Waals surface area (Å²) in [6.45, 7) is 14.5. The van der Waals surface area contributed by atoms with E-state index in [9.17, 15) is 30.7 Å². The van der Waals surface area contributed by atoms with E-state index in [0.717, 1.165) is 13.0 Å². The van der Waals surface area contributed by atoms with Crippen LogP contribution in [0, 0.1) is 7.14 Å². The maximum atomic E-state index is 12.0. The highest BCUT2D eigenvalue weighted by atomic mass is 127. The monoisotopic (exact) mass is 744 g/mol. The van der Waals surface area contributed by atoms with Gasteiger partial charge in [0, 0.05) is 8.07 Å². The standard InChI is InChI=1S/C24H36IOSi.C3HF7O3S/c1-24(2,3)26-18-17-21-11-15-23(16-12-21)25-22-13-9-20(10-14-22)8-7-19-27(4,5)6;4-1(5,2(6,7)8)3(9,10)14-13-12-11/h9-16H,7-8,17-19H2,1-6H3;11H/q+1;/p-1. The first-order chi connectivity index (χ1) is 18.7. The first-order valence-electron chi connectivity index (χ1n) is 12.6. The number of benzene rings is 2. The van der Waals surface area contributed by atoms with Crippen LogP contribution in [0.3, 0.4) is 0 Å². The minimum Gasteiger partial charge on any atom is -0.691 e. The van der Waals surface area contributed by atoms with Crippen LogP contribution < -0.4 is 26.5 Å². The third-order valence-corrected chi connectivity index (χ3v) is 10.4. The third kappa shape index (κ3) is 14.9. The first kappa shape index (κ1) is 38.1. The van der Waals surface area contributed by atoms with Gasteiger partial charge in [0.05, 0.1) is 12.2 Å². The number of halogens is 8. The summed E-state index contributed by atoms with van der Waals surface area (Å²) >= 11 is -1.81. The summed E-state index contributed by atoms with van der Waals surface area (Å²) in [4.78, 5) is 0. The van der Waals surface area contributed by atoms with E-state index in [2.05, 4.69) is 98.3 Å². The van der Waals surface area contributed by atoms with Crippen molar-refractivity contribution in [1.82, 2.24) is 0 Å². The zero-order valence-electron chi connectivity index (χ0n) is 23.7. The van der Waals surface area contributed by atoms with Gasteiger partial charge >= 0.3 is 38.6 Å². The Balaban J connectivity index is 0.000000509. The van der Waals surface area contributed by atoms with Crippen LogP contribution in [0.25, 0.3) is 0 Å². The van der Waals surface area contributed by atoms with E-state index >= 15 is 0 Å². The van der Waals surface area contributed by atoms with Gasteiger partial charge in [0.25, 0.3) is 0 Å². The fraction of sp³-hybridized carbons (Fsp3) is 0.556. The van der Waals surface area contributed by atoms with Crippen molar-refractivity contribution >= 4 is 20.1 Å². The molecule has 234 valence electrons.